The molecule has 3 aromatic carbocycles. The highest BCUT2D eigenvalue weighted by Crippen LogP contribution is 2.53. The fourth-order valence-electron chi connectivity index (χ4n) is 7.30. The van der Waals surface area contributed by atoms with Gasteiger partial charge in [-0.2, -0.15) is 0 Å². The van der Waals surface area contributed by atoms with Crippen LogP contribution in [0.15, 0.2) is 84.9 Å². The molecule has 33 heavy (non-hydrogen) atoms. The minimum atomic E-state index is 0.320. The highest BCUT2D eigenvalue weighted by molar-refractivity contribution is 6.31. The first-order valence-electron chi connectivity index (χ1n) is 12.6. The SMILES string of the molecule is Clc1ccccc1CNC1C(C(c2ccccc2)c2ccccc2)NC2CC3CCCC2C31. The summed E-state index contributed by atoms with van der Waals surface area (Å²) in [7, 11) is 0. The summed E-state index contributed by atoms with van der Waals surface area (Å²) in [5.74, 6) is 2.70. The second-order valence-electron chi connectivity index (χ2n) is 10.3. The van der Waals surface area contributed by atoms with Gasteiger partial charge in [0.1, 0.15) is 0 Å². The summed E-state index contributed by atoms with van der Waals surface area (Å²) >= 11 is 6.55. The Kier molecular flexibility index (Phi) is 6.00. The highest BCUT2D eigenvalue weighted by Gasteiger charge is 2.55. The predicted octanol–water partition coefficient (Wildman–Crippen LogP) is 6.41. The maximum Gasteiger partial charge on any atom is 0.0450 e. The van der Waals surface area contributed by atoms with E-state index >= 15 is 0 Å². The molecule has 1 saturated heterocycles. The second-order valence-corrected chi connectivity index (χ2v) is 10.7. The molecular weight excluding hydrogens is 424 g/mol. The van der Waals surface area contributed by atoms with E-state index in [0.29, 0.717) is 24.0 Å². The van der Waals surface area contributed by atoms with Gasteiger partial charge in [0.25, 0.3) is 0 Å². The van der Waals surface area contributed by atoms with Crippen molar-refractivity contribution in [3.05, 3.63) is 107 Å². The van der Waals surface area contributed by atoms with E-state index in [2.05, 4.69) is 83.4 Å². The van der Waals surface area contributed by atoms with E-state index in [1.165, 1.54) is 42.4 Å². The minimum absolute atomic E-state index is 0.320. The molecule has 6 unspecified atom stereocenters. The molecule has 6 atom stereocenters. The average molecular weight is 457 g/mol. The van der Waals surface area contributed by atoms with Crippen LogP contribution in [0.3, 0.4) is 0 Å². The summed E-state index contributed by atoms with van der Waals surface area (Å²) in [5.41, 5.74) is 3.99. The third kappa shape index (κ3) is 4.03. The number of hydrogen-bond acceptors (Lipinski definition) is 2. The van der Waals surface area contributed by atoms with Crippen LogP contribution in [0.4, 0.5) is 0 Å². The van der Waals surface area contributed by atoms with Crippen molar-refractivity contribution < 1.29 is 0 Å². The Morgan fingerprint density at radius 3 is 2.21 bits per heavy atom. The Morgan fingerprint density at radius 2 is 1.52 bits per heavy atom. The summed E-state index contributed by atoms with van der Waals surface area (Å²) in [5, 5.41) is 9.14. The van der Waals surface area contributed by atoms with Crippen LogP contribution < -0.4 is 10.6 Å². The summed E-state index contributed by atoms with van der Waals surface area (Å²) in [6.07, 6.45) is 5.49. The summed E-state index contributed by atoms with van der Waals surface area (Å²) in [6.45, 7) is 0.819. The topological polar surface area (TPSA) is 24.1 Å². The van der Waals surface area contributed by atoms with Crippen molar-refractivity contribution in [3.63, 3.8) is 0 Å². The van der Waals surface area contributed by atoms with E-state index in [1.807, 2.05) is 12.1 Å². The Bertz CT molecular complexity index is 1030. The zero-order valence-electron chi connectivity index (χ0n) is 19.0. The van der Waals surface area contributed by atoms with Crippen LogP contribution in [0.5, 0.6) is 0 Å². The van der Waals surface area contributed by atoms with E-state index in [0.717, 1.165) is 29.3 Å². The van der Waals surface area contributed by atoms with Crippen LogP contribution in [-0.2, 0) is 6.54 Å². The molecule has 4 bridgehead atoms. The number of piperidine rings is 1. The lowest BCUT2D eigenvalue weighted by atomic mass is 9.66. The van der Waals surface area contributed by atoms with Crippen molar-refractivity contribution in [2.24, 2.45) is 17.8 Å². The van der Waals surface area contributed by atoms with Gasteiger partial charge in [0.15, 0.2) is 0 Å². The first-order chi connectivity index (χ1) is 16.3. The largest absolute Gasteiger partial charge is 0.308 e. The van der Waals surface area contributed by atoms with Gasteiger partial charge in [-0.15, -0.1) is 0 Å². The third-order valence-corrected chi connectivity index (χ3v) is 8.96. The summed E-state index contributed by atoms with van der Waals surface area (Å²) in [6, 6.07) is 31.9. The molecule has 2 N–H and O–H groups in total. The zero-order valence-corrected chi connectivity index (χ0v) is 19.8. The molecule has 170 valence electrons. The van der Waals surface area contributed by atoms with Gasteiger partial charge >= 0.3 is 0 Å². The van der Waals surface area contributed by atoms with Gasteiger partial charge in [0.05, 0.1) is 0 Å². The van der Waals surface area contributed by atoms with Gasteiger partial charge in [-0.25, -0.2) is 0 Å². The first-order valence-corrected chi connectivity index (χ1v) is 13.0. The van der Waals surface area contributed by atoms with Crippen LogP contribution in [0.2, 0.25) is 5.02 Å². The highest BCUT2D eigenvalue weighted by atomic mass is 35.5. The average Bonchev–Trinajstić information content (AvgIpc) is 2.99. The molecule has 1 aliphatic heterocycles. The van der Waals surface area contributed by atoms with Gasteiger partial charge < -0.3 is 10.6 Å². The van der Waals surface area contributed by atoms with Crippen LogP contribution in [0, 0.1) is 17.8 Å². The van der Waals surface area contributed by atoms with E-state index in [-0.39, 0.29) is 0 Å². The predicted molar refractivity (Wildman–Crippen MR) is 136 cm³/mol. The summed E-state index contributed by atoms with van der Waals surface area (Å²) in [4.78, 5) is 0. The molecule has 2 aliphatic carbocycles. The number of nitrogens with one attached hydrogen (secondary N) is 2. The second kappa shape index (κ2) is 9.25. The molecule has 0 amide bonds. The Hall–Kier alpha value is -2.13. The lowest BCUT2D eigenvalue weighted by Gasteiger charge is -2.49. The normalized spacial score (nSPS) is 30.5. The lowest BCUT2D eigenvalue weighted by molar-refractivity contribution is 0.0920. The minimum Gasteiger partial charge on any atom is -0.308 e. The number of benzene rings is 3. The molecule has 0 radical (unpaired) electrons. The van der Waals surface area contributed by atoms with Gasteiger partial charge in [-0.3, -0.25) is 0 Å². The van der Waals surface area contributed by atoms with E-state index in [4.69, 9.17) is 11.6 Å². The third-order valence-electron chi connectivity index (χ3n) is 8.60. The zero-order chi connectivity index (χ0) is 22.2. The Labute approximate surface area is 202 Å². The van der Waals surface area contributed by atoms with E-state index in [1.54, 1.807) is 0 Å². The number of rotatable bonds is 6. The number of halogens is 1. The van der Waals surface area contributed by atoms with E-state index < -0.39 is 0 Å². The molecule has 3 fully saturated rings. The maximum absolute atomic E-state index is 6.55. The van der Waals surface area contributed by atoms with Gasteiger partial charge in [-0.1, -0.05) is 103 Å². The van der Waals surface area contributed by atoms with Crippen molar-refractivity contribution in [1.29, 1.82) is 0 Å². The van der Waals surface area contributed by atoms with Crippen molar-refractivity contribution in [2.75, 3.05) is 0 Å². The summed E-state index contributed by atoms with van der Waals surface area (Å²) < 4.78 is 0. The Balaban J connectivity index is 1.39. The Morgan fingerprint density at radius 1 is 0.848 bits per heavy atom. The molecule has 6 rings (SSSR count). The number of hydrogen-bond donors (Lipinski definition) is 2. The molecule has 0 aromatic heterocycles. The molecule has 1 heterocycles. The standard InChI is InChI=1S/C30H33ClN2/c31-25-17-8-7-14-23(25)19-32-29-28-22-15-9-16-24(28)26(18-22)33-30(29)27(20-10-3-1-4-11-20)21-12-5-2-6-13-21/h1-8,10-14,17,22,24,26-30,32-33H,9,15-16,18-19H2. The molecular formula is C30H33ClN2. The van der Waals surface area contributed by atoms with Gasteiger partial charge in [0.2, 0.25) is 0 Å². The maximum atomic E-state index is 6.55. The van der Waals surface area contributed by atoms with Crippen molar-refractivity contribution in [3.8, 4) is 0 Å². The smallest absolute Gasteiger partial charge is 0.0450 e. The first kappa shape index (κ1) is 21.4. The fraction of sp³-hybridized carbons (Fsp3) is 0.400. The van der Waals surface area contributed by atoms with Gasteiger partial charge in [-0.05, 0) is 53.4 Å². The van der Waals surface area contributed by atoms with Crippen LogP contribution in [0.25, 0.3) is 0 Å². The molecule has 3 aromatic rings. The quantitative estimate of drug-likeness (QED) is 0.448. The monoisotopic (exact) mass is 456 g/mol. The van der Waals surface area contributed by atoms with Crippen molar-refractivity contribution in [1.82, 2.24) is 10.6 Å². The molecule has 2 nitrogen and oxygen atoms in total. The molecule has 3 heteroatoms. The van der Waals surface area contributed by atoms with E-state index in [9.17, 15) is 0 Å². The molecule has 2 saturated carbocycles. The van der Waals surface area contributed by atoms with Crippen LogP contribution in [-0.4, -0.2) is 18.1 Å². The van der Waals surface area contributed by atoms with Crippen molar-refractivity contribution in [2.45, 2.75) is 56.3 Å². The van der Waals surface area contributed by atoms with Crippen LogP contribution in [0.1, 0.15) is 48.3 Å². The fourth-order valence-corrected chi connectivity index (χ4v) is 7.50. The van der Waals surface area contributed by atoms with Crippen molar-refractivity contribution >= 4 is 11.6 Å². The van der Waals surface area contributed by atoms with Gasteiger partial charge in [0, 0.05) is 35.6 Å². The molecule has 0 spiro atoms. The lowest BCUT2D eigenvalue weighted by Crippen LogP contribution is -2.63. The van der Waals surface area contributed by atoms with Crippen LogP contribution >= 0.6 is 11.6 Å². The molecule has 3 aliphatic rings.